The lowest BCUT2D eigenvalue weighted by Gasteiger charge is -2.10. The Kier molecular flexibility index (Phi) is 8.89. The maximum absolute atomic E-state index is 11.4. The summed E-state index contributed by atoms with van der Waals surface area (Å²) < 4.78 is 35.9. The molecule has 0 aliphatic rings. The van der Waals surface area contributed by atoms with Crippen molar-refractivity contribution in [3.05, 3.63) is 0 Å². The molecule has 0 aromatic carbocycles. The van der Waals surface area contributed by atoms with Crippen LogP contribution in [0.2, 0.25) is 0 Å². The molecule has 0 unspecified atom stereocenters. The average Bonchev–Trinajstić information content (AvgIpc) is 2.31. The Morgan fingerprint density at radius 1 is 1.15 bits per heavy atom. The second-order valence-electron chi connectivity index (χ2n) is 4.34. The van der Waals surface area contributed by atoms with E-state index in [9.17, 15) is 18.0 Å². The number of unbranched alkanes of at least 4 members (excludes halogenated alkanes) is 2. The number of hydrogen-bond donors (Lipinski definition) is 2. The molecule has 0 saturated heterocycles. The second kappa shape index (κ2) is 9.54. The number of esters is 1. The summed E-state index contributed by atoms with van der Waals surface area (Å²) in [6.45, 7) is 3.40. The number of hydrogen-bond acceptors (Lipinski definition) is 6. The van der Waals surface area contributed by atoms with Crippen molar-refractivity contribution in [3.8, 4) is 0 Å². The molecule has 1 amide bonds. The quantitative estimate of drug-likeness (QED) is 0.479. The highest BCUT2D eigenvalue weighted by molar-refractivity contribution is 7.88. The van der Waals surface area contributed by atoms with Gasteiger partial charge in [-0.3, -0.25) is 4.79 Å². The lowest BCUT2D eigenvalue weighted by molar-refractivity contribution is -0.140. The Balaban J connectivity index is 3.78. The van der Waals surface area contributed by atoms with Gasteiger partial charge in [0.05, 0.1) is 13.2 Å². The van der Waals surface area contributed by atoms with Crippen molar-refractivity contribution in [2.75, 3.05) is 13.7 Å². The summed E-state index contributed by atoms with van der Waals surface area (Å²) in [5.41, 5.74) is 0. The third-order valence-electron chi connectivity index (χ3n) is 2.14. The Morgan fingerprint density at radius 2 is 1.80 bits per heavy atom. The van der Waals surface area contributed by atoms with E-state index in [0.717, 1.165) is 0 Å². The van der Waals surface area contributed by atoms with Crippen LogP contribution in [0.25, 0.3) is 0 Å². The number of methoxy groups -OCH3 is 1. The van der Waals surface area contributed by atoms with E-state index in [2.05, 4.69) is 14.2 Å². The van der Waals surface area contributed by atoms with Crippen molar-refractivity contribution in [2.24, 2.45) is 0 Å². The van der Waals surface area contributed by atoms with Crippen LogP contribution in [-0.4, -0.2) is 40.2 Å². The highest BCUT2D eigenvalue weighted by Gasteiger charge is 2.15. The summed E-state index contributed by atoms with van der Waals surface area (Å²) in [5.74, 6) is -0.288. The van der Waals surface area contributed by atoms with Gasteiger partial charge in [0.15, 0.2) is 0 Å². The minimum atomic E-state index is -3.90. The number of carbonyl (C=O) groups is 2. The number of rotatable bonds is 9. The molecule has 9 heteroatoms. The van der Waals surface area contributed by atoms with E-state index in [0.29, 0.717) is 25.7 Å². The summed E-state index contributed by atoms with van der Waals surface area (Å²) in [7, 11) is -2.58. The second-order valence-corrected chi connectivity index (χ2v) is 5.84. The summed E-state index contributed by atoms with van der Waals surface area (Å²) in [6.07, 6.45) is 0.742. The number of carbonyl (C=O) groups excluding carboxylic acids is 2. The van der Waals surface area contributed by atoms with E-state index in [1.165, 1.54) is 7.11 Å². The zero-order valence-electron chi connectivity index (χ0n) is 12.0. The zero-order chi connectivity index (χ0) is 15.6. The molecule has 0 aliphatic carbocycles. The summed E-state index contributed by atoms with van der Waals surface area (Å²) >= 11 is 0. The number of amides is 1. The molecule has 0 aliphatic heterocycles. The predicted octanol–water partition coefficient (Wildman–Crippen LogP) is 0.689. The van der Waals surface area contributed by atoms with Crippen LogP contribution in [0.1, 0.15) is 39.5 Å². The number of ether oxygens (including phenoxy) is 2. The van der Waals surface area contributed by atoms with E-state index in [1.807, 2.05) is 0 Å². The molecular weight excluding hydrogens is 288 g/mol. The Hall–Kier alpha value is -1.35. The van der Waals surface area contributed by atoms with Crippen LogP contribution in [0.5, 0.6) is 0 Å². The van der Waals surface area contributed by atoms with Crippen molar-refractivity contribution in [3.63, 3.8) is 0 Å². The summed E-state index contributed by atoms with van der Waals surface area (Å²) in [4.78, 5) is 21.9. The van der Waals surface area contributed by atoms with Crippen LogP contribution in [0, 0.1) is 0 Å². The van der Waals surface area contributed by atoms with E-state index in [1.54, 1.807) is 18.6 Å². The highest BCUT2D eigenvalue weighted by atomic mass is 32.2. The topological polar surface area (TPSA) is 111 Å². The zero-order valence-corrected chi connectivity index (χ0v) is 12.8. The lowest BCUT2D eigenvalue weighted by Crippen LogP contribution is -2.41. The van der Waals surface area contributed by atoms with Gasteiger partial charge in [-0.15, -0.1) is 0 Å². The van der Waals surface area contributed by atoms with Gasteiger partial charge in [0.1, 0.15) is 0 Å². The molecule has 0 saturated carbocycles. The third kappa shape index (κ3) is 10.6. The van der Waals surface area contributed by atoms with Gasteiger partial charge in [-0.25, -0.2) is 9.52 Å². The number of nitrogens with one attached hydrogen (secondary N) is 2. The molecule has 0 rings (SSSR count). The molecule has 0 aromatic rings. The van der Waals surface area contributed by atoms with Gasteiger partial charge in [0, 0.05) is 13.0 Å². The SMILES string of the molecule is COC(=O)CCCCCNS(=O)(=O)NC(=O)OC(C)C. The van der Waals surface area contributed by atoms with Crippen molar-refractivity contribution >= 4 is 22.3 Å². The monoisotopic (exact) mass is 310 g/mol. The van der Waals surface area contributed by atoms with Gasteiger partial charge in [0.2, 0.25) is 0 Å². The first-order valence-corrected chi connectivity index (χ1v) is 7.80. The van der Waals surface area contributed by atoms with E-state index < -0.39 is 22.4 Å². The Labute approximate surface area is 119 Å². The highest BCUT2D eigenvalue weighted by Crippen LogP contribution is 2.00. The van der Waals surface area contributed by atoms with Gasteiger partial charge in [-0.2, -0.15) is 13.1 Å². The van der Waals surface area contributed by atoms with E-state index in [-0.39, 0.29) is 12.5 Å². The molecule has 118 valence electrons. The van der Waals surface area contributed by atoms with Crippen molar-refractivity contribution in [1.82, 2.24) is 9.44 Å². The standard InChI is InChI=1S/C11H22N2O6S/c1-9(2)19-11(15)13-20(16,17)12-8-6-4-5-7-10(14)18-3/h9,12H,4-8H2,1-3H3,(H,13,15). The molecular formula is C11H22N2O6S. The molecule has 20 heavy (non-hydrogen) atoms. The van der Waals surface area contributed by atoms with Crippen LogP contribution in [0.3, 0.4) is 0 Å². The Morgan fingerprint density at radius 3 is 2.35 bits per heavy atom. The molecule has 0 radical (unpaired) electrons. The molecule has 2 N–H and O–H groups in total. The van der Waals surface area contributed by atoms with E-state index in [4.69, 9.17) is 0 Å². The molecule has 0 heterocycles. The molecule has 0 fully saturated rings. The first-order valence-electron chi connectivity index (χ1n) is 6.31. The van der Waals surface area contributed by atoms with Crippen molar-refractivity contribution in [2.45, 2.75) is 45.6 Å². The van der Waals surface area contributed by atoms with E-state index >= 15 is 0 Å². The van der Waals surface area contributed by atoms with Crippen LogP contribution < -0.4 is 9.44 Å². The fraction of sp³-hybridized carbons (Fsp3) is 0.818. The van der Waals surface area contributed by atoms with Crippen LogP contribution in [0.15, 0.2) is 0 Å². The third-order valence-corrected chi connectivity index (χ3v) is 3.16. The largest absolute Gasteiger partial charge is 0.469 e. The van der Waals surface area contributed by atoms with Crippen LogP contribution in [-0.2, 0) is 24.5 Å². The summed E-state index contributed by atoms with van der Waals surface area (Å²) in [6, 6.07) is 0. The normalized spacial score (nSPS) is 11.2. The van der Waals surface area contributed by atoms with Gasteiger partial charge >= 0.3 is 22.3 Å². The fourth-order valence-electron chi connectivity index (χ4n) is 1.26. The van der Waals surface area contributed by atoms with Gasteiger partial charge in [0.25, 0.3) is 0 Å². The minimum Gasteiger partial charge on any atom is -0.469 e. The molecule has 0 aromatic heterocycles. The van der Waals surface area contributed by atoms with Crippen LogP contribution in [0.4, 0.5) is 4.79 Å². The van der Waals surface area contributed by atoms with Crippen LogP contribution >= 0.6 is 0 Å². The van der Waals surface area contributed by atoms with Gasteiger partial charge < -0.3 is 9.47 Å². The average molecular weight is 310 g/mol. The van der Waals surface area contributed by atoms with Gasteiger partial charge in [-0.05, 0) is 26.7 Å². The Bertz CT molecular complexity index is 407. The minimum absolute atomic E-state index is 0.172. The van der Waals surface area contributed by atoms with Gasteiger partial charge in [-0.1, -0.05) is 6.42 Å². The maximum atomic E-state index is 11.4. The lowest BCUT2D eigenvalue weighted by atomic mass is 10.2. The fourth-order valence-corrected chi connectivity index (χ4v) is 2.02. The smallest absolute Gasteiger partial charge is 0.422 e. The molecule has 0 bridgehead atoms. The molecule has 0 atom stereocenters. The molecule has 8 nitrogen and oxygen atoms in total. The predicted molar refractivity (Wildman–Crippen MR) is 72.2 cm³/mol. The maximum Gasteiger partial charge on any atom is 0.422 e. The first-order chi connectivity index (χ1) is 9.26. The first kappa shape index (κ1) is 18.7. The van der Waals surface area contributed by atoms with Crippen molar-refractivity contribution < 1.29 is 27.5 Å². The molecule has 0 spiro atoms. The van der Waals surface area contributed by atoms with Crippen molar-refractivity contribution in [1.29, 1.82) is 0 Å². The summed E-state index contributed by atoms with van der Waals surface area (Å²) in [5, 5.41) is 0.